The molecule has 120 valence electrons. The van der Waals surface area contributed by atoms with E-state index in [-0.39, 0.29) is 25.4 Å². The molecule has 0 radical (unpaired) electrons. The number of amides is 1. The van der Waals surface area contributed by atoms with Crippen LogP contribution in [0.25, 0.3) is 11.3 Å². The van der Waals surface area contributed by atoms with Gasteiger partial charge >= 0.3 is 5.97 Å². The van der Waals surface area contributed by atoms with Crippen molar-refractivity contribution in [2.24, 2.45) is 5.92 Å². The summed E-state index contributed by atoms with van der Waals surface area (Å²) in [5.74, 6) is -0.610. The van der Waals surface area contributed by atoms with E-state index in [4.69, 9.17) is 14.4 Å². The van der Waals surface area contributed by atoms with Gasteiger partial charge in [0.05, 0.1) is 19.6 Å². The Labute approximate surface area is 132 Å². The Morgan fingerprint density at radius 2 is 2.26 bits per heavy atom. The van der Waals surface area contributed by atoms with Crippen molar-refractivity contribution in [3.05, 3.63) is 36.1 Å². The molecule has 1 fully saturated rings. The molecule has 0 unspecified atom stereocenters. The van der Waals surface area contributed by atoms with Gasteiger partial charge in [-0.15, -0.1) is 0 Å². The molecule has 2 aromatic rings. The van der Waals surface area contributed by atoms with Crippen LogP contribution in [0.3, 0.4) is 0 Å². The van der Waals surface area contributed by atoms with Crippen molar-refractivity contribution in [3.8, 4) is 17.0 Å². The second-order valence-corrected chi connectivity index (χ2v) is 5.39. The number of carbonyl (C=O) groups excluding carboxylic acids is 1. The van der Waals surface area contributed by atoms with Crippen molar-refractivity contribution in [2.45, 2.75) is 13.0 Å². The Morgan fingerprint density at radius 3 is 2.96 bits per heavy atom. The molecule has 2 heterocycles. The number of carboxylic acid groups (broad SMARTS) is 1. The highest BCUT2D eigenvalue weighted by Crippen LogP contribution is 2.29. The Bertz CT molecular complexity index is 740. The zero-order valence-corrected chi connectivity index (χ0v) is 12.6. The van der Waals surface area contributed by atoms with Gasteiger partial charge in [0.2, 0.25) is 5.91 Å². The lowest BCUT2D eigenvalue weighted by molar-refractivity contribution is -0.141. The third-order valence-corrected chi connectivity index (χ3v) is 3.85. The average molecular weight is 316 g/mol. The number of para-hydroxylation sites is 1. The zero-order valence-electron chi connectivity index (χ0n) is 12.6. The van der Waals surface area contributed by atoms with E-state index >= 15 is 0 Å². The third-order valence-electron chi connectivity index (χ3n) is 3.85. The Morgan fingerprint density at radius 1 is 1.48 bits per heavy atom. The Kier molecular flexibility index (Phi) is 4.01. The number of aromatic nitrogens is 1. The van der Waals surface area contributed by atoms with Crippen LogP contribution in [0.5, 0.6) is 5.75 Å². The molecule has 0 bridgehead atoms. The molecule has 0 saturated carbocycles. The second-order valence-electron chi connectivity index (χ2n) is 5.39. The van der Waals surface area contributed by atoms with Crippen molar-refractivity contribution >= 4 is 11.9 Å². The molecule has 23 heavy (non-hydrogen) atoms. The van der Waals surface area contributed by atoms with Crippen LogP contribution in [0, 0.1) is 5.92 Å². The summed E-state index contributed by atoms with van der Waals surface area (Å²) >= 11 is 0. The van der Waals surface area contributed by atoms with Crippen molar-refractivity contribution in [3.63, 3.8) is 0 Å². The topological polar surface area (TPSA) is 92.9 Å². The number of nitrogens with zero attached hydrogens (tertiary/aromatic N) is 2. The van der Waals surface area contributed by atoms with Crippen molar-refractivity contribution < 1.29 is 24.0 Å². The van der Waals surface area contributed by atoms with E-state index in [1.807, 2.05) is 24.3 Å². The number of hydrogen-bond donors (Lipinski definition) is 1. The fourth-order valence-electron chi connectivity index (χ4n) is 2.65. The van der Waals surface area contributed by atoms with Crippen LogP contribution in [0.1, 0.15) is 12.2 Å². The maximum atomic E-state index is 11.9. The number of hydrogen-bond acceptors (Lipinski definition) is 5. The number of ether oxygens (including phenoxy) is 1. The molecule has 1 aromatic carbocycles. The van der Waals surface area contributed by atoms with E-state index in [2.05, 4.69) is 5.16 Å². The molecule has 1 atom stereocenters. The van der Waals surface area contributed by atoms with E-state index < -0.39 is 11.9 Å². The number of likely N-dealkylation sites (tertiary alicyclic amines) is 1. The normalized spacial score (nSPS) is 17.5. The van der Waals surface area contributed by atoms with E-state index in [0.717, 1.165) is 5.56 Å². The van der Waals surface area contributed by atoms with Gasteiger partial charge in [-0.2, -0.15) is 0 Å². The smallest absolute Gasteiger partial charge is 0.308 e. The number of carboxylic acids is 1. The summed E-state index contributed by atoms with van der Waals surface area (Å²) in [6.07, 6.45) is 0.0306. The third kappa shape index (κ3) is 3.03. The van der Waals surface area contributed by atoms with Crippen LogP contribution < -0.4 is 4.74 Å². The summed E-state index contributed by atoms with van der Waals surface area (Å²) in [4.78, 5) is 24.3. The second kappa shape index (κ2) is 6.12. The van der Waals surface area contributed by atoms with Gasteiger partial charge in [-0.1, -0.05) is 17.3 Å². The highest BCUT2D eigenvalue weighted by atomic mass is 16.5. The molecule has 1 saturated heterocycles. The molecular weight excluding hydrogens is 300 g/mol. The molecular formula is C16H16N2O5. The van der Waals surface area contributed by atoms with E-state index in [1.165, 1.54) is 4.90 Å². The van der Waals surface area contributed by atoms with Crippen LogP contribution in [-0.2, 0) is 16.1 Å². The highest BCUT2D eigenvalue weighted by Gasteiger charge is 2.34. The summed E-state index contributed by atoms with van der Waals surface area (Å²) < 4.78 is 10.6. The summed E-state index contributed by atoms with van der Waals surface area (Å²) in [5, 5.41) is 13.0. The number of rotatable bonds is 5. The van der Waals surface area contributed by atoms with Crippen LogP contribution in [-0.4, -0.2) is 40.7 Å². The molecule has 3 rings (SSSR count). The number of benzene rings is 1. The first-order valence-corrected chi connectivity index (χ1v) is 7.18. The SMILES string of the molecule is COc1ccccc1-c1cc(CN2C[C@H](C(=O)O)CC2=O)on1. The maximum Gasteiger partial charge on any atom is 0.308 e. The zero-order chi connectivity index (χ0) is 16.4. The van der Waals surface area contributed by atoms with Crippen molar-refractivity contribution in [2.75, 3.05) is 13.7 Å². The highest BCUT2D eigenvalue weighted by molar-refractivity contribution is 5.86. The quantitative estimate of drug-likeness (QED) is 0.904. The average Bonchev–Trinajstić information content (AvgIpc) is 3.15. The summed E-state index contributed by atoms with van der Waals surface area (Å²) in [7, 11) is 1.58. The molecule has 1 N–H and O–H groups in total. The van der Waals surface area contributed by atoms with Gasteiger partial charge in [0.15, 0.2) is 5.76 Å². The monoisotopic (exact) mass is 316 g/mol. The van der Waals surface area contributed by atoms with Gasteiger partial charge < -0.3 is 19.3 Å². The van der Waals surface area contributed by atoms with Gasteiger partial charge in [0.25, 0.3) is 0 Å². The van der Waals surface area contributed by atoms with Crippen molar-refractivity contribution in [1.29, 1.82) is 0 Å². The van der Waals surface area contributed by atoms with Crippen LogP contribution in [0.4, 0.5) is 0 Å². The van der Waals surface area contributed by atoms with Gasteiger partial charge in [-0.25, -0.2) is 0 Å². The number of aliphatic carboxylic acids is 1. The lowest BCUT2D eigenvalue weighted by Crippen LogP contribution is -2.25. The molecule has 1 aliphatic heterocycles. The van der Waals surface area contributed by atoms with Gasteiger partial charge in [-0.3, -0.25) is 9.59 Å². The number of carbonyl (C=O) groups is 2. The minimum absolute atomic E-state index is 0.0306. The number of methoxy groups -OCH3 is 1. The molecule has 0 spiro atoms. The first kappa shape index (κ1) is 15.1. The molecule has 1 aromatic heterocycles. The van der Waals surface area contributed by atoms with E-state index in [0.29, 0.717) is 17.2 Å². The van der Waals surface area contributed by atoms with Crippen LogP contribution in [0.2, 0.25) is 0 Å². The minimum atomic E-state index is -0.951. The lowest BCUT2D eigenvalue weighted by atomic mass is 10.1. The van der Waals surface area contributed by atoms with Crippen LogP contribution >= 0.6 is 0 Å². The summed E-state index contributed by atoms with van der Waals surface area (Å²) in [6.45, 7) is 0.406. The van der Waals surface area contributed by atoms with E-state index in [1.54, 1.807) is 13.2 Å². The molecule has 7 heteroatoms. The van der Waals surface area contributed by atoms with Gasteiger partial charge in [0.1, 0.15) is 11.4 Å². The van der Waals surface area contributed by atoms with Crippen LogP contribution in [0.15, 0.2) is 34.9 Å². The Hall–Kier alpha value is -2.83. The first-order valence-electron chi connectivity index (χ1n) is 7.18. The van der Waals surface area contributed by atoms with Crippen molar-refractivity contribution in [1.82, 2.24) is 10.1 Å². The lowest BCUT2D eigenvalue weighted by Gasteiger charge is -2.13. The molecule has 0 aliphatic carbocycles. The Balaban J connectivity index is 1.75. The predicted molar refractivity (Wildman–Crippen MR) is 79.7 cm³/mol. The van der Waals surface area contributed by atoms with Gasteiger partial charge in [-0.05, 0) is 12.1 Å². The molecule has 1 aliphatic rings. The summed E-state index contributed by atoms with van der Waals surface area (Å²) in [5.41, 5.74) is 1.40. The predicted octanol–water partition coefficient (Wildman–Crippen LogP) is 1.78. The first-order chi connectivity index (χ1) is 11.1. The standard InChI is InChI=1S/C16H16N2O5/c1-22-14-5-3-2-4-12(14)13-7-11(23-17-13)9-18-8-10(16(20)21)6-15(18)19/h2-5,7,10H,6,8-9H2,1H3,(H,20,21)/t10-/m1/s1. The molecule has 7 nitrogen and oxygen atoms in total. The summed E-state index contributed by atoms with van der Waals surface area (Å²) in [6, 6.07) is 9.15. The largest absolute Gasteiger partial charge is 0.496 e. The van der Waals surface area contributed by atoms with E-state index in [9.17, 15) is 9.59 Å². The molecule has 1 amide bonds. The fourth-order valence-corrected chi connectivity index (χ4v) is 2.65. The minimum Gasteiger partial charge on any atom is -0.496 e. The fraction of sp³-hybridized carbons (Fsp3) is 0.312. The van der Waals surface area contributed by atoms with Gasteiger partial charge in [0, 0.05) is 24.6 Å². The maximum absolute atomic E-state index is 11.9.